The van der Waals surface area contributed by atoms with Crippen LogP contribution >= 0.6 is 11.3 Å². The minimum Gasteiger partial charge on any atom is -0.485 e. The van der Waals surface area contributed by atoms with Crippen LogP contribution in [0.3, 0.4) is 0 Å². The predicted molar refractivity (Wildman–Crippen MR) is 67.6 cm³/mol. The number of fused-ring (bicyclic) bond motifs is 1. The highest BCUT2D eigenvalue weighted by atomic mass is 32.1. The summed E-state index contributed by atoms with van der Waals surface area (Å²) in [6, 6.07) is 0. The smallest absolute Gasteiger partial charge is 0.172 e. The third-order valence-electron chi connectivity index (χ3n) is 2.94. The number of unbranched alkanes of at least 4 members (excludes halogenated alkanes) is 4. The standard InChI is InChI=1S/C13H20O2S/c1-2-3-4-5-6-7-11-8-14-12-9-16-10-13(12)15-11/h9-11H,2-8H2,1H3. The summed E-state index contributed by atoms with van der Waals surface area (Å²) < 4.78 is 11.5. The van der Waals surface area contributed by atoms with Crippen molar-refractivity contribution in [3.63, 3.8) is 0 Å². The van der Waals surface area contributed by atoms with Crippen molar-refractivity contribution in [2.24, 2.45) is 0 Å². The van der Waals surface area contributed by atoms with Crippen LogP contribution in [0.1, 0.15) is 45.4 Å². The first-order valence-corrected chi connectivity index (χ1v) is 7.20. The first-order valence-electron chi connectivity index (χ1n) is 6.25. The first kappa shape index (κ1) is 11.8. The van der Waals surface area contributed by atoms with Gasteiger partial charge in [-0.3, -0.25) is 0 Å². The van der Waals surface area contributed by atoms with Gasteiger partial charge in [-0.2, -0.15) is 0 Å². The Kier molecular flexibility index (Phi) is 4.52. The molecule has 0 saturated carbocycles. The van der Waals surface area contributed by atoms with Crippen molar-refractivity contribution in [3.8, 4) is 11.5 Å². The Morgan fingerprint density at radius 3 is 2.88 bits per heavy atom. The van der Waals surface area contributed by atoms with Crippen molar-refractivity contribution >= 4 is 11.3 Å². The van der Waals surface area contributed by atoms with Gasteiger partial charge >= 0.3 is 0 Å². The van der Waals surface area contributed by atoms with Crippen molar-refractivity contribution in [1.29, 1.82) is 0 Å². The number of thiophene rings is 1. The molecular weight excluding hydrogens is 220 g/mol. The molecule has 0 N–H and O–H groups in total. The van der Waals surface area contributed by atoms with Gasteiger partial charge in [0.25, 0.3) is 0 Å². The molecule has 2 rings (SSSR count). The van der Waals surface area contributed by atoms with Gasteiger partial charge < -0.3 is 9.47 Å². The minimum atomic E-state index is 0.267. The Labute approximate surface area is 102 Å². The summed E-state index contributed by atoms with van der Waals surface area (Å²) in [6.07, 6.45) is 7.99. The van der Waals surface area contributed by atoms with Crippen LogP contribution < -0.4 is 9.47 Å². The number of rotatable bonds is 6. The van der Waals surface area contributed by atoms with Crippen LogP contribution in [0.5, 0.6) is 11.5 Å². The Morgan fingerprint density at radius 2 is 2.00 bits per heavy atom. The van der Waals surface area contributed by atoms with Gasteiger partial charge in [0.05, 0.1) is 0 Å². The van der Waals surface area contributed by atoms with E-state index >= 15 is 0 Å². The largest absolute Gasteiger partial charge is 0.485 e. The molecule has 0 bridgehead atoms. The van der Waals surface area contributed by atoms with Gasteiger partial charge in [0.2, 0.25) is 0 Å². The van der Waals surface area contributed by atoms with Gasteiger partial charge in [-0.25, -0.2) is 0 Å². The van der Waals surface area contributed by atoms with Crippen LogP contribution in [0, 0.1) is 0 Å². The zero-order chi connectivity index (χ0) is 11.2. The molecule has 2 nitrogen and oxygen atoms in total. The first-order chi connectivity index (χ1) is 7.90. The second-order valence-electron chi connectivity index (χ2n) is 4.35. The summed E-state index contributed by atoms with van der Waals surface area (Å²) >= 11 is 1.64. The molecule has 3 heteroatoms. The van der Waals surface area contributed by atoms with Gasteiger partial charge in [-0.15, -0.1) is 11.3 Å². The maximum atomic E-state index is 5.86. The van der Waals surface area contributed by atoms with E-state index in [9.17, 15) is 0 Å². The van der Waals surface area contributed by atoms with Gasteiger partial charge in [0.1, 0.15) is 12.7 Å². The topological polar surface area (TPSA) is 18.5 Å². The van der Waals surface area contributed by atoms with E-state index in [1.54, 1.807) is 11.3 Å². The van der Waals surface area contributed by atoms with Crippen LogP contribution in [0.4, 0.5) is 0 Å². The Morgan fingerprint density at radius 1 is 1.19 bits per heavy atom. The predicted octanol–water partition coefficient (Wildman–Crippen LogP) is 4.25. The van der Waals surface area contributed by atoms with Crippen molar-refractivity contribution in [2.75, 3.05) is 6.61 Å². The third kappa shape index (κ3) is 3.14. The van der Waals surface area contributed by atoms with Crippen molar-refractivity contribution in [2.45, 2.75) is 51.6 Å². The lowest BCUT2D eigenvalue weighted by Crippen LogP contribution is -2.28. The van der Waals surface area contributed by atoms with E-state index in [2.05, 4.69) is 6.92 Å². The van der Waals surface area contributed by atoms with Crippen molar-refractivity contribution < 1.29 is 9.47 Å². The molecule has 90 valence electrons. The van der Waals surface area contributed by atoms with Crippen molar-refractivity contribution in [1.82, 2.24) is 0 Å². The SMILES string of the molecule is CCCCCCCC1COc2cscc2O1. The highest BCUT2D eigenvalue weighted by Gasteiger charge is 2.20. The van der Waals surface area contributed by atoms with E-state index in [1.807, 2.05) is 10.8 Å². The molecule has 1 aromatic rings. The van der Waals surface area contributed by atoms with E-state index in [0.717, 1.165) is 24.5 Å². The number of ether oxygens (including phenoxy) is 2. The van der Waals surface area contributed by atoms with E-state index < -0.39 is 0 Å². The molecular formula is C13H20O2S. The zero-order valence-electron chi connectivity index (χ0n) is 9.91. The highest BCUT2D eigenvalue weighted by molar-refractivity contribution is 7.08. The fourth-order valence-electron chi connectivity index (χ4n) is 1.98. The average Bonchev–Trinajstić information content (AvgIpc) is 2.76. The summed E-state index contributed by atoms with van der Waals surface area (Å²) in [5.74, 6) is 1.86. The zero-order valence-corrected chi connectivity index (χ0v) is 10.7. The minimum absolute atomic E-state index is 0.267. The highest BCUT2D eigenvalue weighted by Crippen LogP contribution is 2.36. The van der Waals surface area contributed by atoms with Gasteiger partial charge in [-0.05, 0) is 12.8 Å². The van der Waals surface area contributed by atoms with Gasteiger partial charge in [-0.1, -0.05) is 32.6 Å². The molecule has 0 fully saturated rings. The average molecular weight is 240 g/mol. The van der Waals surface area contributed by atoms with Crippen molar-refractivity contribution in [3.05, 3.63) is 10.8 Å². The van der Waals surface area contributed by atoms with Crippen LogP contribution in [0.15, 0.2) is 10.8 Å². The fraction of sp³-hybridized carbons (Fsp3) is 0.692. The summed E-state index contributed by atoms with van der Waals surface area (Å²) in [7, 11) is 0. The molecule has 1 unspecified atom stereocenters. The molecule has 1 aliphatic heterocycles. The monoisotopic (exact) mass is 240 g/mol. The van der Waals surface area contributed by atoms with E-state index in [0.29, 0.717) is 0 Å². The maximum absolute atomic E-state index is 5.86. The number of hydrogen-bond acceptors (Lipinski definition) is 3. The van der Waals surface area contributed by atoms with Gasteiger partial charge in [0, 0.05) is 10.8 Å². The molecule has 0 aromatic carbocycles. The lowest BCUT2D eigenvalue weighted by molar-refractivity contribution is 0.0842. The summed E-state index contributed by atoms with van der Waals surface area (Å²) in [6.45, 7) is 2.97. The fourth-order valence-corrected chi connectivity index (χ4v) is 2.65. The van der Waals surface area contributed by atoms with E-state index in [-0.39, 0.29) is 6.10 Å². The summed E-state index contributed by atoms with van der Waals surface area (Å²) in [4.78, 5) is 0. The molecule has 0 spiro atoms. The summed E-state index contributed by atoms with van der Waals surface area (Å²) in [5, 5.41) is 4.03. The normalized spacial score (nSPS) is 18.7. The molecule has 1 aromatic heterocycles. The second-order valence-corrected chi connectivity index (χ2v) is 5.10. The Bertz CT molecular complexity index is 309. The quantitative estimate of drug-likeness (QED) is 0.692. The molecule has 0 saturated heterocycles. The van der Waals surface area contributed by atoms with Crippen LogP contribution in [-0.4, -0.2) is 12.7 Å². The third-order valence-corrected chi connectivity index (χ3v) is 3.64. The lowest BCUT2D eigenvalue weighted by Gasteiger charge is -2.24. The number of hydrogen-bond donors (Lipinski definition) is 0. The summed E-state index contributed by atoms with van der Waals surface area (Å²) in [5.41, 5.74) is 0. The molecule has 0 radical (unpaired) electrons. The van der Waals surface area contributed by atoms with E-state index in [4.69, 9.17) is 9.47 Å². The van der Waals surface area contributed by atoms with Crippen LogP contribution in [0.25, 0.3) is 0 Å². The van der Waals surface area contributed by atoms with Gasteiger partial charge in [0.15, 0.2) is 11.5 Å². The molecule has 0 amide bonds. The van der Waals surface area contributed by atoms with Crippen LogP contribution in [-0.2, 0) is 0 Å². The molecule has 0 aliphatic carbocycles. The molecule has 1 aliphatic rings. The van der Waals surface area contributed by atoms with E-state index in [1.165, 1.54) is 32.1 Å². The Hall–Kier alpha value is -0.700. The maximum Gasteiger partial charge on any atom is 0.172 e. The Balaban J connectivity index is 1.65. The molecule has 1 atom stereocenters. The molecule has 2 heterocycles. The van der Waals surface area contributed by atoms with Crippen LogP contribution in [0.2, 0.25) is 0 Å². The second kappa shape index (κ2) is 6.14. The lowest BCUT2D eigenvalue weighted by atomic mass is 10.1. The molecule has 16 heavy (non-hydrogen) atoms.